The summed E-state index contributed by atoms with van der Waals surface area (Å²) in [4.78, 5) is 9.70. The average Bonchev–Trinajstić information content (AvgIpc) is 2.97. The fraction of sp³-hybridized carbons (Fsp3) is 0.700. The summed E-state index contributed by atoms with van der Waals surface area (Å²) in [5.41, 5.74) is 0. The number of hydrogen-bond acceptors (Lipinski definition) is 8. The van der Waals surface area contributed by atoms with Gasteiger partial charge in [-0.25, -0.2) is 10.8 Å². The monoisotopic (exact) mass is 268 g/mol. The van der Waals surface area contributed by atoms with Crippen LogP contribution < -0.4 is 5.84 Å². The number of hydrogen-bond donors (Lipinski definition) is 4. The van der Waals surface area contributed by atoms with Crippen molar-refractivity contribution in [2.24, 2.45) is 15.8 Å². The molecule has 5 N–H and O–H groups in total. The molecule has 1 fully saturated rings. The van der Waals surface area contributed by atoms with Crippen molar-refractivity contribution < 1.29 is 14.9 Å². The third-order valence-corrected chi connectivity index (χ3v) is 3.53. The average molecular weight is 268 g/mol. The van der Waals surface area contributed by atoms with Crippen molar-refractivity contribution in [2.75, 3.05) is 6.61 Å². The van der Waals surface area contributed by atoms with Gasteiger partial charge < -0.3 is 19.8 Å². The lowest BCUT2D eigenvalue weighted by molar-refractivity contribution is -0.0920. The summed E-state index contributed by atoms with van der Waals surface area (Å²) in [6.07, 6.45) is 1.06. The largest absolute Gasteiger partial charge is 0.394 e. The van der Waals surface area contributed by atoms with Crippen molar-refractivity contribution >= 4 is 18.5 Å². The van der Waals surface area contributed by atoms with Gasteiger partial charge in [0.1, 0.15) is 18.6 Å². The van der Waals surface area contributed by atoms with Gasteiger partial charge in [0.15, 0.2) is 18.1 Å². The lowest BCUT2D eigenvalue weighted by atomic mass is 10.1. The maximum Gasteiger partial charge on any atom is 0.159 e. The van der Waals surface area contributed by atoms with Crippen molar-refractivity contribution in [1.82, 2.24) is 9.91 Å². The topological polar surface area (TPSA) is 131 Å². The van der Waals surface area contributed by atoms with E-state index < -0.39 is 30.6 Å². The van der Waals surface area contributed by atoms with Crippen molar-refractivity contribution in [3.05, 3.63) is 0 Å². The van der Waals surface area contributed by atoms with E-state index in [2.05, 4.69) is 9.98 Å². The van der Waals surface area contributed by atoms with Crippen LogP contribution in [0.4, 0.5) is 0 Å². The number of aliphatic imine (C=N–C) groups is 2. The molecule has 0 saturated carbocycles. The number of aliphatic hydroxyl groups excluding tert-OH is 2. The van der Waals surface area contributed by atoms with Crippen LogP contribution in [0, 0.1) is 5.41 Å². The van der Waals surface area contributed by atoms with Gasteiger partial charge in [-0.2, -0.15) is 0 Å². The maximum absolute atomic E-state index is 10.0. The third-order valence-electron chi connectivity index (χ3n) is 3.53. The Morgan fingerprint density at radius 2 is 2.32 bits per heavy atom. The molecule has 9 nitrogen and oxygen atoms in total. The zero-order valence-corrected chi connectivity index (χ0v) is 10.1. The minimum absolute atomic E-state index is 0.122. The molecule has 5 atom stereocenters. The Labute approximate surface area is 109 Å². The second-order valence-corrected chi connectivity index (χ2v) is 4.78. The van der Waals surface area contributed by atoms with Gasteiger partial charge >= 0.3 is 0 Å². The highest BCUT2D eigenvalue weighted by Gasteiger charge is 2.47. The van der Waals surface area contributed by atoms with Crippen LogP contribution in [0.2, 0.25) is 0 Å². The van der Waals surface area contributed by atoms with Gasteiger partial charge in [-0.05, 0) is 0 Å². The van der Waals surface area contributed by atoms with E-state index >= 15 is 0 Å². The molecule has 3 heterocycles. The number of fused-ring (bicyclic) bond motifs is 1. The number of nitrogens with one attached hydrogen (secondary N) is 1. The fourth-order valence-electron chi connectivity index (χ4n) is 2.59. The Morgan fingerprint density at radius 1 is 1.53 bits per heavy atom. The zero-order valence-electron chi connectivity index (χ0n) is 10.1. The zero-order chi connectivity index (χ0) is 13.6. The van der Waals surface area contributed by atoms with E-state index in [0.29, 0.717) is 6.42 Å². The van der Waals surface area contributed by atoms with Crippen LogP contribution in [0.1, 0.15) is 6.42 Å². The summed E-state index contributed by atoms with van der Waals surface area (Å²) in [5, 5.41) is 28.2. The summed E-state index contributed by atoms with van der Waals surface area (Å²) in [7, 11) is 0. The minimum atomic E-state index is -0.733. The van der Waals surface area contributed by atoms with E-state index in [-0.39, 0.29) is 12.4 Å². The molecular weight excluding hydrogens is 252 g/mol. The number of ether oxygens (including phenoxy) is 1. The Bertz CT molecular complexity index is 441. The molecule has 104 valence electrons. The first kappa shape index (κ1) is 12.5. The van der Waals surface area contributed by atoms with Gasteiger partial charge in [-0.15, -0.1) is 0 Å². The predicted octanol–water partition coefficient (Wildman–Crippen LogP) is -2.31. The molecule has 3 aliphatic rings. The molecule has 0 aromatic heterocycles. The first-order valence-corrected chi connectivity index (χ1v) is 6.02. The highest BCUT2D eigenvalue weighted by molar-refractivity contribution is 5.95. The summed E-state index contributed by atoms with van der Waals surface area (Å²) >= 11 is 0. The number of nitrogens with two attached hydrogens (primary N) is 1. The molecule has 0 bridgehead atoms. The summed E-state index contributed by atoms with van der Waals surface area (Å²) in [6, 6.07) is -0.487. The lowest BCUT2D eigenvalue weighted by Gasteiger charge is -2.38. The number of hydrazine groups is 1. The van der Waals surface area contributed by atoms with E-state index in [1.54, 1.807) is 4.90 Å². The summed E-state index contributed by atoms with van der Waals surface area (Å²) < 4.78 is 5.58. The normalized spacial score (nSPS) is 41.2. The number of nitrogens with zero attached hydrogens (tertiary/aromatic N) is 4. The van der Waals surface area contributed by atoms with Gasteiger partial charge in [-0.3, -0.25) is 15.4 Å². The Kier molecular flexibility index (Phi) is 2.97. The minimum Gasteiger partial charge on any atom is -0.394 e. The van der Waals surface area contributed by atoms with Gasteiger partial charge in [0.05, 0.1) is 19.0 Å². The van der Waals surface area contributed by atoms with Crippen LogP contribution in [0.5, 0.6) is 0 Å². The van der Waals surface area contributed by atoms with Gasteiger partial charge in [-0.1, -0.05) is 0 Å². The smallest absolute Gasteiger partial charge is 0.159 e. The van der Waals surface area contributed by atoms with Crippen LogP contribution in [0.3, 0.4) is 0 Å². The van der Waals surface area contributed by atoms with Crippen LogP contribution in [0.25, 0.3) is 0 Å². The van der Waals surface area contributed by atoms with Crippen LogP contribution in [-0.2, 0) is 4.74 Å². The van der Waals surface area contributed by atoms with Gasteiger partial charge in [0.25, 0.3) is 0 Å². The van der Waals surface area contributed by atoms with Crippen molar-refractivity contribution in [1.29, 1.82) is 5.41 Å². The van der Waals surface area contributed by atoms with Gasteiger partial charge in [0.2, 0.25) is 0 Å². The van der Waals surface area contributed by atoms with E-state index in [1.807, 2.05) is 0 Å². The van der Waals surface area contributed by atoms with Gasteiger partial charge in [0, 0.05) is 6.42 Å². The standard InChI is InChI=1S/C10H16N6O3/c11-8-7-9(16(12)4-14-8)15(3-13-7)10-6(18)1-5(2-17)19-10/h3-7,9-11,17-18H,1-2,12H2/t5-,6+,7?,9?,10+/m0/s1. The quantitative estimate of drug-likeness (QED) is 0.416. The maximum atomic E-state index is 10.0. The van der Waals surface area contributed by atoms with E-state index in [1.165, 1.54) is 17.7 Å². The fourth-order valence-corrected chi connectivity index (χ4v) is 2.59. The van der Waals surface area contributed by atoms with Crippen LogP contribution in [0.15, 0.2) is 9.98 Å². The Morgan fingerprint density at radius 3 is 3.00 bits per heavy atom. The van der Waals surface area contributed by atoms with Crippen LogP contribution >= 0.6 is 0 Å². The molecule has 3 aliphatic heterocycles. The Balaban J connectivity index is 1.81. The molecule has 0 amide bonds. The first-order chi connectivity index (χ1) is 9.11. The lowest BCUT2D eigenvalue weighted by Crippen LogP contribution is -2.60. The second-order valence-electron chi connectivity index (χ2n) is 4.78. The van der Waals surface area contributed by atoms with E-state index in [9.17, 15) is 5.11 Å². The predicted molar refractivity (Wildman–Crippen MR) is 66.5 cm³/mol. The van der Waals surface area contributed by atoms with E-state index in [0.717, 1.165) is 0 Å². The number of rotatable bonds is 2. The van der Waals surface area contributed by atoms with Crippen molar-refractivity contribution in [2.45, 2.75) is 37.1 Å². The molecule has 0 spiro atoms. The third kappa shape index (κ3) is 1.91. The van der Waals surface area contributed by atoms with Crippen molar-refractivity contribution in [3.63, 3.8) is 0 Å². The molecule has 0 aliphatic carbocycles. The summed E-state index contributed by atoms with van der Waals surface area (Å²) in [6.45, 7) is -0.143. The molecule has 1 saturated heterocycles. The molecule has 0 aromatic carbocycles. The molecule has 3 rings (SSSR count). The van der Waals surface area contributed by atoms with Crippen molar-refractivity contribution in [3.8, 4) is 0 Å². The molecule has 0 aromatic rings. The SMILES string of the molecule is N=C1N=CN(N)C2C1N=CN2[C@@H]1O[C@H](CO)C[C@H]1O. The van der Waals surface area contributed by atoms with Crippen LogP contribution in [-0.4, -0.2) is 75.9 Å². The molecule has 9 heteroatoms. The number of aliphatic hydroxyl groups is 2. The second kappa shape index (κ2) is 4.53. The molecule has 2 unspecified atom stereocenters. The number of amidine groups is 1. The molecule has 0 radical (unpaired) electrons. The highest BCUT2D eigenvalue weighted by atomic mass is 16.5. The summed E-state index contributed by atoms with van der Waals surface area (Å²) in [5.74, 6) is 5.95. The van der Waals surface area contributed by atoms with E-state index in [4.69, 9.17) is 21.1 Å². The molecule has 19 heavy (non-hydrogen) atoms. The Hall–Kier alpha value is -1.55. The molecular formula is C10H16N6O3. The highest BCUT2D eigenvalue weighted by Crippen LogP contribution is 2.29. The first-order valence-electron chi connectivity index (χ1n) is 6.02.